The molecule has 2 nitrogen and oxygen atoms in total. The van der Waals surface area contributed by atoms with Crippen molar-refractivity contribution in [2.45, 2.75) is 13.3 Å². The Morgan fingerprint density at radius 3 is 3.00 bits per heavy atom. The van der Waals surface area contributed by atoms with Gasteiger partial charge < -0.3 is 4.90 Å². The molecule has 1 aliphatic heterocycles. The summed E-state index contributed by atoms with van der Waals surface area (Å²) in [6.07, 6.45) is 1.11. The first-order valence-corrected chi connectivity index (χ1v) is 6.75. The largest absolute Gasteiger partial charge is 0.338 e. The number of nitrogens with zero attached hydrogens (tertiary/aromatic N) is 1. The van der Waals surface area contributed by atoms with Crippen molar-refractivity contribution in [1.29, 1.82) is 0 Å². The van der Waals surface area contributed by atoms with Gasteiger partial charge in [-0.3, -0.25) is 4.79 Å². The molecule has 0 saturated carbocycles. The minimum absolute atomic E-state index is 0.173. The molecule has 1 fully saturated rings. The van der Waals surface area contributed by atoms with Crippen LogP contribution in [0.2, 0.25) is 0 Å². The second-order valence-electron chi connectivity index (χ2n) is 4.43. The molecule has 16 heavy (non-hydrogen) atoms. The summed E-state index contributed by atoms with van der Waals surface area (Å²) in [4.78, 5) is 14.1. The summed E-state index contributed by atoms with van der Waals surface area (Å²) < 4.78 is 0. The maximum Gasteiger partial charge on any atom is 0.253 e. The van der Waals surface area contributed by atoms with Crippen molar-refractivity contribution >= 4 is 21.8 Å². The van der Waals surface area contributed by atoms with Crippen LogP contribution in [-0.2, 0) is 0 Å². The van der Waals surface area contributed by atoms with Crippen LogP contribution >= 0.6 is 15.9 Å². The lowest BCUT2D eigenvalue weighted by Crippen LogP contribution is -2.28. The fraction of sp³-hybridized carbons (Fsp3) is 0.462. The molecule has 0 N–H and O–H groups in total. The third kappa shape index (κ3) is 2.46. The van der Waals surface area contributed by atoms with E-state index in [1.807, 2.05) is 36.1 Å². The van der Waals surface area contributed by atoms with E-state index in [0.29, 0.717) is 5.92 Å². The van der Waals surface area contributed by atoms with Gasteiger partial charge in [0.1, 0.15) is 0 Å². The van der Waals surface area contributed by atoms with Crippen LogP contribution in [0.5, 0.6) is 0 Å². The predicted octanol–water partition coefficient (Wildman–Crippen LogP) is 2.85. The smallest absolute Gasteiger partial charge is 0.253 e. The zero-order valence-electron chi connectivity index (χ0n) is 9.45. The average molecular weight is 282 g/mol. The van der Waals surface area contributed by atoms with Crippen molar-refractivity contribution in [2.24, 2.45) is 5.92 Å². The summed E-state index contributed by atoms with van der Waals surface area (Å²) in [5.74, 6) is 0.793. The summed E-state index contributed by atoms with van der Waals surface area (Å²) in [5, 5.41) is 0.991. The van der Waals surface area contributed by atoms with E-state index in [-0.39, 0.29) is 5.91 Å². The maximum absolute atomic E-state index is 12.2. The number of hydrogen-bond donors (Lipinski definition) is 0. The molecule has 1 aromatic rings. The van der Waals surface area contributed by atoms with Gasteiger partial charge in [0.05, 0.1) is 0 Å². The second-order valence-corrected chi connectivity index (χ2v) is 5.08. The standard InChI is InChI=1S/C13H16BrNO/c1-10-3-2-4-12(7-10)13(16)15-6-5-11(8-14)9-15/h2-4,7,11H,5-6,8-9H2,1H3. The average Bonchev–Trinajstić information content (AvgIpc) is 2.76. The molecule has 1 heterocycles. The molecule has 0 radical (unpaired) electrons. The van der Waals surface area contributed by atoms with E-state index >= 15 is 0 Å². The minimum Gasteiger partial charge on any atom is -0.338 e. The van der Waals surface area contributed by atoms with Gasteiger partial charge in [0.15, 0.2) is 0 Å². The number of carbonyl (C=O) groups is 1. The Labute approximate surface area is 105 Å². The fourth-order valence-corrected chi connectivity index (χ4v) is 2.63. The fourth-order valence-electron chi connectivity index (χ4n) is 2.10. The second kappa shape index (κ2) is 5.00. The predicted molar refractivity (Wildman–Crippen MR) is 69.0 cm³/mol. The Bertz CT molecular complexity index is 391. The molecule has 1 aliphatic rings. The summed E-state index contributed by atoms with van der Waals surface area (Å²) >= 11 is 3.48. The summed E-state index contributed by atoms with van der Waals surface area (Å²) in [7, 11) is 0. The van der Waals surface area contributed by atoms with Crippen LogP contribution in [0.3, 0.4) is 0 Å². The van der Waals surface area contributed by atoms with Crippen LogP contribution < -0.4 is 0 Å². The molecule has 0 bridgehead atoms. The van der Waals surface area contributed by atoms with E-state index in [4.69, 9.17) is 0 Å². The van der Waals surface area contributed by atoms with Gasteiger partial charge in [0.25, 0.3) is 5.91 Å². The molecule has 3 heteroatoms. The molecule has 1 unspecified atom stereocenters. The lowest BCUT2D eigenvalue weighted by Gasteiger charge is -2.16. The molecule has 86 valence electrons. The maximum atomic E-state index is 12.2. The van der Waals surface area contributed by atoms with E-state index in [9.17, 15) is 4.79 Å². The highest BCUT2D eigenvalue weighted by molar-refractivity contribution is 9.09. The number of benzene rings is 1. The van der Waals surface area contributed by atoms with Gasteiger partial charge in [0, 0.05) is 24.0 Å². The number of carbonyl (C=O) groups excluding carboxylic acids is 1. The topological polar surface area (TPSA) is 20.3 Å². The van der Waals surface area contributed by atoms with E-state index in [1.54, 1.807) is 0 Å². The highest BCUT2D eigenvalue weighted by Gasteiger charge is 2.25. The lowest BCUT2D eigenvalue weighted by atomic mass is 10.1. The third-order valence-electron chi connectivity index (χ3n) is 3.06. The third-order valence-corrected chi connectivity index (χ3v) is 3.97. The van der Waals surface area contributed by atoms with Crippen molar-refractivity contribution in [3.8, 4) is 0 Å². The normalized spacial score (nSPS) is 20.1. The molecule has 1 atom stereocenters. The van der Waals surface area contributed by atoms with Gasteiger partial charge in [-0.25, -0.2) is 0 Å². The summed E-state index contributed by atoms with van der Waals surface area (Å²) in [6.45, 7) is 3.79. The number of rotatable bonds is 2. The van der Waals surface area contributed by atoms with Crippen LogP contribution in [0.15, 0.2) is 24.3 Å². The number of halogens is 1. The minimum atomic E-state index is 0.173. The zero-order chi connectivity index (χ0) is 11.5. The number of alkyl halides is 1. The number of hydrogen-bond acceptors (Lipinski definition) is 1. The van der Waals surface area contributed by atoms with E-state index in [1.165, 1.54) is 0 Å². The lowest BCUT2D eigenvalue weighted by molar-refractivity contribution is 0.0788. The Hall–Kier alpha value is -0.830. The molecule has 0 aromatic heterocycles. The van der Waals surface area contributed by atoms with Crippen molar-refractivity contribution in [2.75, 3.05) is 18.4 Å². The molecule has 1 aromatic carbocycles. The molecule has 1 amide bonds. The van der Waals surface area contributed by atoms with Gasteiger partial charge in [-0.15, -0.1) is 0 Å². The molecule has 1 saturated heterocycles. The van der Waals surface area contributed by atoms with E-state index in [0.717, 1.165) is 36.0 Å². The number of amides is 1. The van der Waals surface area contributed by atoms with Crippen LogP contribution in [0, 0.1) is 12.8 Å². The molecular weight excluding hydrogens is 266 g/mol. The number of aryl methyl sites for hydroxylation is 1. The van der Waals surface area contributed by atoms with Crippen molar-refractivity contribution in [3.63, 3.8) is 0 Å². The van der Waals surface area contributed by atoms with Crippen LogP contribution in [0.1, 0.15) is 22.3 Å². The summed E-state index contributed by atoms with van der Waals surface area (Å²) in [6, 6.07) is 7.82. The first kappa shape index (κ1) is 11.6. The van der Waals surface area contributed by atoms with Crippen molar-refractivity contribution in [1.82, 2.24) is 4.90 Å². The van der Waals surface area contributed by atoms with Gasteiger partial charge >= 0.3 is 0 Å². The van der Waals surface area contributed by atoms with Gasteiger partial charge in [-0.05, 0) is 31.4 Å². The zero-order valence-corrected chi connectivity index (χ0v) is 11.0. The molecule has 0 aliphatic carbocycles. The quantitative estimate of drug-likeness (QED) is 0.764. The Morgan fingerprint density at radius 1 is 1.56 bits per heavy atom. The SMILES string of the molecule is Cc1cccc(C(=O)N2CCC(CBr)C2)c1. The monoisotopic (exact) mass is 281 g/mol. The van der Waals surface area contributed by atoms with Crippen molar-refractivity contribution in [3.05, 3.63) is 35.4 Å². The molecule has 0 spiro atoms. The van der Waals surface area contributed by atoms with E-state index < -0.39 is 0 Å². The van der Waals surface area contributed by atoms with Crippen molar-refractivity contribution < 1.29 is 4.79 Å². The van der Waals surface area contributed by atoms with Crippen LogP contribution in [0.25, 0.3) is 0 Å². The first-order valence-electron chi connectivity index (χ1n) is 5.62. The highest BCUT2D eigenvalue weighted by atomic mass is 79.9. The van der Waals surface area contributed by atoms with Crippen LogP contribution in [-0.4, -0.2) is 29.2 Å². The molecular formula is C13H16BrNO. The van der Waals surface area contributed by atoms with Gasteiger partial charge in [-0.2, -0.15) is 0 Å². The Morgan fingerprint density at radius 2 is 2.38 bits per heavy atom. The number of likely N-dealkylation sites (tertiary alicyclic amines) is 1. The summed E-state index contributed by atoms with van der Waals surface area (Å²) in [5.41, 5.74) is 1.96. The Kier molecular flexibility index (Phi) is 3.64. The van der Waals surface area contributed by atoms with Gasteiger partial charge in [-0.1, -0.05) is 33.6 Å². The first-order chi connectivity index (χ1) is 7.70. The molecule has 2 rings (SSSR count). The van der Waals surface area contributed by atoms with E-state index in [2.05, 4.69) is 15.9 Å². The Balaban J connectivity index is 2.08. The highest BCUT2D eigenvalue weighted by Crippen LogP contribution is 2.20. The van der Waals surface area contributed by atoms with Crippen LogP contribution in [0.4, 0.5) is 0 Å². The van der Waals surface area contributed by atoms with Gasteiger partial charge in [0.2, 0.25) is 0 Å².